The Morgan fingerprint density at radius 2 is 1.43 bits per heavy atom. The second-order valence-corrected chi connectivity index (χ2v) is 24.6. The van der Waals surface area contributed by atoms with Gasteiger partial charge in [-0.15, -0.1) is 0 Å². The summed E-state index contributed by atoms with van der Waals surface area (Å²) in [5.41, 5.74) is 2.01. The number of ketones is 2. The second kappa shape index (κ2) is 20.3. The molecular weight excluding hydrogens is 769 g/mol. The zero-order valence-corrected chi connectivity index (χ0v) is 37.4. The lowest BCUT2D eigenvalue weighted by Crippen LogP contribution is -2.53. The summed E-state index contributed by atoms with van der Waals surface area (Å²) in [5, 5.41) is 0.00260. The van der Waals surface area contributed by atoms with Crippen molar-refractivity contribution in [3.05, 3.63) is 114 Å². The van der Waals surface area contributed by atoms with Crippen LogP contribution in [0.2, 0.25) is 18.1 Å². The molecule has 316 valence electrons. The minimum absolute atomic E-state index is 0.00260. The molecule has 0 saturated carbocycles. The van der Waals surface area contributed by atoms with Gasteiger partial charge in [-0.1, -0.05) is 126 Å². The minimum atomic E-state index is -3.72. The lowest BCUT2D eigenvalue weighted by molar-refractivity contribution is -0.215. The van der Waals surface area contributed by atoms with Crippen LogP contribution in [0.1, 0.15) is 71.9 Å². The van der Waals surface area contributed by atoms with E-state index in [0.29, 0.717) is 26.2 Å². The first-order valence-corrected chi connectivity index (χ1v) is 25.2. The molecule has 0 radical (unpaired) electrons. The van der Waals surface area contributed by atoms with E-state index in [0.717, 1.165) is 11.1 Å². The van der Waals surface area contributed by atoms with Crippen LogP contribution in [0.5, 0.6) is 0 Å². The zero-order valence-electron chi connectivity index (χ0n) is 35.5. The van der Waals surface area contributed by atoms with Gasteiger partial charge in [0.2, 0.25) is 0 Å². The van der Waals surface area contributed by atoms with Crippen LogP contribution in [0.3, 0.4) is 0 Å². The first-order valence-electron chi connectivity index (χ1n) is 20.7. The molecule has 9 nitrogen and oxygen atoms in total. The third-order valence-electron chi connectivity index (χ3n) is 12.2. The number of fused-ring (bicyclic) bond motifs is 1. The highest BCUT2D eigenvalue weighted by molar-refractivity contribution is 7.91. The summed E-state index contributed by atoms with van der Waals surface area (Å²) in [5.74, 6) is -1.49. The van der Waals surface area contributed by atoms with Crippen LogP contribution in [-0.2, 0) is 56.0 Å². The number of hydrogen-bond donors (Lipinski definition) is 0. The molecule has 0 unspecified atom stereocenters. The molecule has 2 heterocycles. The van der Waals surface area contributed by atoms with Crippen LogP contribution >= 0.6 is 0 Å². The van der Waals surface area contributed by atoms with E-state index >= 15 is 0 Å². The molecule has 5 rings (SSSR count). The maximum Gasteiger partial charge on any atom is 0.192 e. The third-order valence-corrected chi connectivity index (χ3v) is 18.5. The fourth-order valence-electron chi connectivity index (χ4n) is 7.31. The Balaban J connectivity index is 1.37. The van der Waals surface area contributed by atoms with E-state index in [-0.39, 0.29) is 46.0 Å². The van der Waals surface area contributed by atoms with Crippen LogP contribution in [0.4, 0.5) is 0 Å². The van der Waals surface area contributed by atoms with Crippen molar-refractivity contribution in [3.63, 3.8) is 0 Å². The average Bonchev–Trinajstić information content (AvgIpc) is 3.36. The van der Waals surface area contributed by atoms with E-state index in [9.17, 15) is 18.0 Å². The van der Waals surface area contributed by atoms with E-state index in [4.69, 9.17) is 23.4 Å². The molecule has 0 aromatic heterocycles. The average molecular weight is 833 g/mol. The van der Waals surface area contributed by atoms with Crippen molar-refractivity contribution in [2.24, 2.45) is 17.8 Å². The number of carbonyl (C=O) groups is 2. The van der Waals surface area contributed by atoms with Crippen LogP contribution in [0, 0.1) is 17.8 Å². The Hall–Kier alpha value is -3.29. The molecule has 3 aromatic carbocycles. The van der Waals surface area contributed by atoms with Crippen molar-refractivity contribution in [1.29, 1.82) is 0 Å². The van der Waals surface area contributed by atoms with Crippen molar-refractivity contribution in [2.45, 2.75) is 134 Å². The van der Waals surface area contributed by atoms with Gasteiger partial charge in [0.15, 0.2) is 18.2 Å². The van der Waals surface area contributed by atoms with Crippen LogP contribution in [0.15, 0.2) is 108 Å². The van der Waals surface area contributed by atoms with Crippen LogP contribution in [0.25, 0.3) is 0 Å². The third kappa shape index (κ3) is 12.6. The second-order valence-electron chi connectivity index (χ2n) is 17.7. The first kappa shape index (κ1) is 45.8. The van der Waals surface area contributed by atoms with E-state index in [2.05, 4.69) is 33.9 Å². The standard InChI is InChI=1S/C47H64O9SSi/c1-33(48)26-44-43(53-30-37-20-14-10-15-21-37)28-45-46(56-44)38(32-57(50,51)40-22-16-11-17-23-40)24-25-42(55-45)35(3)34(2)41(49)27-39(31-54-58(7,8)47(4,5)6)52-29-36-18-12-9-13-19-36/h9-25,34-35,38-39,42-46H,26-32H2,1-8H3/t34-,35-,38+,39-,42-,43+,44-,45-,46+/m0/s1. The van der Waals surface area contributed by atoms with Crippen molar-refractivity contribution in [2.75, 3.05) is 12.4 Å². The number of ether oxygens (including phenoxy) is 4. The summed E-state index contributed by atoms with van der Waals surface area (Å²) < 4.78 is 60.7. The lowest BCUT2D eigenvalue weighted by atomic mass is 9.85. The Labute approximate surface area is 347 Å². The predicted octanol–water partition coefficient (Wildman–Crippen LogP) is 8.96. The number of benzene rings is 3. The highest BCUT2D eigenvalue weighted by atomic mass is 32.2. The smallest absolute Gasteiger partial charge is 0.192 e. The summed E-state index contributed by atoms with van der Waals surface area (Å²) in [6.45, 7) is 17.4. The number of hydrogen-bond acceptors (Lipinski definition) is 9. The normalized spacial score (nSPS) is 24.3. The summed E-state index contributed by atoms with van der Waals surface area (Å²) in [4.78, 5) is 27.0. The molecule has 2 aliphatic heterocycles. The maximum absolute atomic E-state index is 14.2. The molecule has 3 aromatic rings. The van der Waals surface area contributed by atoms with Crippen LogP contribution < -0.4 is 0 Å². The first-order chi connectivity index (χ1) is 27.4. The topological polar surface area (TPSA) is 114 Å². The van der Waals surface area contributed by atoms with Crippen LogP contribution in [-0.4, -0.2) is 77.3 Å². The van der Waals surface area contributed by atoms with Crippen molar-refractivity contribution in [1.82, 2.24) is 0 Å². The minimum Gasteiger partial charge on any atom is -0.414 e. The van der Waals surface area contributed by atoms with Crippen molar-refractivity contribution in [3.8, 4) is 0 Å². The molecular formula is C47H64O9SSi. The molecule has 0 N–H and O–H groups in total. The number of carbonyl (C=O) groups excluding carboxylic acids is 2. The molecule has 0 bridgehead atoms. The number of sulfone groups is 1. The van der Waals surface area contributed by atoms with Gasteiger partial charge in [-0.3, -0.25) is 9.59 Å². The predicted molar refractivity (Wildman–Crippen MR) is 230 cm³/mol. The molecule has 0 spiro atoms. The summed E-state index contributed by atoms with van der Waals surface area (Å²) in [7, 11) is -5.84. The van der Waals surface area contributed by atoms with Gasteiger partial charge < -0.3 is 23.4 Å². The van der Waals surface area contributed by atoms with E-state index < -0.39 is 66.6 Å². The summed E-state index contributed by atoms with van der Waals surface area (Å²) in [6, 6.07) is 28.1. The Bertz CT molecular complexity index is 1900. The molecule has 9 atom stereocenters. The molecule has 58 heavy (non-hydrogen) atoms. The highest BCUT2D eigenvalue weighted by Gasteiger charge is 2.47. The van der Waals surface area contributed by atoms with E-state index in [1.807, 2.05) is 86.7 Å². The van der Waals surface area contributed by atoms with Crippen molar-refractivity contribution < 1.29 is 41.4 Å². The monoisotopic (exact) mass is 832 g/mol. The molecule has 0 amide bonds. The molecule has 2 aliphatic rings. The van der Waals surface area contributed by atoms with Gasteiger partial charge in [-0.25, -0.2) is 8.42 Å². The van der Waals surface area contributed by atoms with E-state index in [1.165, 1.54) is 6.92 Å². The summed E-state index contributed by atoms with van der Waals surface area (Å²) in [6.07, 6.45) is 1.24. The maximum atomic E-state index is 14.2. The van der Waals surface area contributed by atoms with Gasteiger partial charge in [0.05, 0.1) is 67.1 Å². The molecule has 11 heteroatoms. The Kier molecular flexibility index (Phi) is 16.0. The van der Waals surface area contributed by atoms with Gasteiger partial charge in [-0.05, 0) is 54.2 Å². The lowest BCUT2D eigenvalue weighted by Gasteiger charge is -2.43. The zero-order chi connectivity index (χ0) is 42.1. The van der Waals surface area contributed by atoms with Gasteiger partial charge in [0, 0.05) is 31.1 Å². The fraction of sp³-hybridized carbons (Fsp3) is 0.532. The summed E-state index contributed by atoms with van der Waals surface area (Å²) >= 11 is 0. The van der Waals surface area contributed by atoms with Gasteiger partial charge in [0.1, 0.15) is 11.6 Å². The van der Waals surface area contributed by atoms with Gasteiger partial charge >= 0.3 is 0 Å². The number of rotatable bonds is 19. The van der Waals surface area contributed by atoms with Gasteiger partial charge in [-0.2, -0.15) is 0 Å². The number of Topliss-reactive ketones (excluding diaryl/α,β-unsaturated/α-hetero) is 2. The Morgan fingerprint density at radius 1 is 0.845 bits per heavy atom. The molecule has 1 fully saturated rings. The van der Waals surface area contributed by atoms with Gasteiger partial charge in [0.25, 0.3) is 0 Å². The largest absolute Gasteiger partial charge is 0.414 e. The molecule has 1 saturated heterocycles. The fourth-order valence-corrected chi connectivity index (χ4v) is 9.92. The SMILES string of the molecule is CC(=O)C[C@@H]1O[C@@H]2[C@@H](CS(=O)(=O)c3ccccc3)C=C[C@@H]([C@@H](C)[C@H](C)C(=O)C[C@@H](CO[Si](C)(C)C(C)(C)C)OCc3ccccc3)O[C@H]2C[C@H]1OCc1ccccc1. The highest BCUT2D eigenvalue weighted by Crippen LogP contribution is 2.39. The van der Waals surface area contributed by atoms with E-state index in [1.54, 1.807) is 30.3 Å². The Morgan fingerprint density at radius 3 is 2.02 bits per heavy atom. The molecule has 0 aliphatic carbocycles. The van der Waals surface area contributed by atoms with Crippen molar-refractivity contribution >= 4 is 29.7 Å². The quantitative estimate of drug-likeness (QED) is 0.0863.